The van der Waals surface area contributed by atoms with Crippen LogP contribution in [0.3, 0.4) is 0 Å². The number of hydrogen-bond donors (Lipinski definition) is 1. The van der Waals surface area contributed by atoms with Gasteiger partial charge in [-0.15, -0.1) is 0 Å². The van der Waals surface area contributed by atoms with Gasteiger partial charge in [0.1, 0.15) is 11.5 Å². The molecule has 10 heteroatoms. The number of carbonyl (C=O) groups is 2. The molecule has 0 spiro atoms. The first kappa shape index (κ1) is 25.9. The van der Waals surface area contributed by atoms with Gasteiger partial charge in [0.15, 0.2) is 6.61 Å². The summed E-state index contributed by atoms with van der Waals surface area (Å²) in [6.07, 6.45) is 2.67. The molecule has 0 aliphatic heterocycles. The van der Waals surface area contributed by atoms with Crippen molar-refractivity contribution < 1.29 is 32.2 Å². The van der Waals surface area contributed by atoms with Crippen LogP contribution in [0.1, 0.15) is 19.4 Å². The Morgan fingerprint density at radius 3 is 2.24 bits per heavy atom. The molecule has 178 valence electrons. The van der Waals surface area contributed by atoms with E-state index in [2.05, 4.69) is 5.32 Å². The van der Waals surface area contributed by atoms with Gasteiger partial charge in [-0.05, 0) is 48.5 Å². The second-order valence-electron chi connectivity index (χ2n) is 6.71. The largest absolute Gasteiger partial charge is 0.497 e. The van der Waals surface area contributed by atoms with Crippen molar-refractivity contribution in [2.75, 3.05) is 39.2 Å². The number of benzene rings is 2. The number of carbonyl (C=O) groups excluding carboxylic acids is 2. The van der Waals surface area contributed by atoms with Gasteiger partial charge in [-0.3, -0.25) is 4.79 Å². The van der Waals surface area contributed by atoms with E-state index in [4.69, 9.17) is 14.2 Å². The molecule has 1 amide bonds. The van der Waals surface area contributed by atoms with Gasteiger partial charge in [0.2, 0.25) is 10.0 Å². The fraction of sp³-hybridized carbons (Fsp3) is 0.304. The van der Waals surface area contributed by atoms with Crippen molar-refractivity contribution in [3.63, 3.8) is 0 Å². The molecule has 0 saturated carbocycles. The Bertz CT molecular complexity index is 1090. The maximum Gasteiger partial charge on any atom is 0.331 e. The number of ether oxygens (including phenoxy) is 3. The Hall–Kier alpha value is -3.37. The summed E-state index contributed by atoms with van der Waals surface area (Å²) in [6.45, 7) is 3.75. The summed E-state index contributed by atoms with van der Waals surface area (Å²) in [5.41, 5.74) is 0.990. The lowest BCUT2D eigenvalue weighted by atomic mass is 10.1. The summed E-state index contributed by atoms with van der Waals surface area (Å²) in [6, 6.07) is 10.9. The van der Waals surface area contributed by atoms with E-state index in [-0.39, 0.29) is 4.90 Å². The molecule has 0 radical (unpaired) electrons. The van der Waals surface area contributed by atoms with E-state index in [0.717, 1.165) is 0 Å². The number of hydrogen-bond acceptors (Lipinski definition) is 7. The van der Waals surface area contributed by atoms with Crippen molar-refractivity contribution in [2.24, 2.45) is 0 Å². The van der Waals surface area contributed by atoms with E-state index in [0.29, 0.717) is 35.8 Å². The highest BCUT2D eigenvalue weighted by molar-refractivity contribution is 7.89. The average Bonchev–Trinajstić information content (AvgIpc) is 2.82. The molecule has 0 saturated heterocycles. The van der Waals surface area contributed by atoms with Gasteiger partial charge in [0.25, 0.3) is 5.91 Å². The second-order valence-corrected chi connectivity index (χ2v) is 8.65. The fourth-order valence-electron chi connectivity index (χ4n) is 2.93. The Balaban J connectivity index is 1.93. The molecule has 9 nitrogen and oxygen atoms in total. The number of nitrogens with zero attached hydrogens (tertiary/aromatic N) is 1. The third-order valence-electron chi connectivity index (χ3n) is 4.66. The molecule has 33 heavy (non-hydrogen) atoms. The average molecular weight is 477 g/mol. The number of anilines is 1. The van der Waals surface area contributed by atoms with E-state index in [9.17, 15) is 18.0 Å². The third kappa shape index (κ3) is 7.06. The normalized spacial score (nSPS) is 11.4. The van der Waals surface area contributed by atoms with Crippen LogP contribution in [0.25, 0.3) is 6.08 Å². The molecule has 0 aromatic heterocycles. The summed E-state index contributed by atoms with van der Waals surface area (Å²) in [7, 11) is -0.545. The molecule has 0 aliphatic carbocycles. The Morgan fingerprint density at radius 2 is 1.67 bits per heavy atom. The van der Waals surface area contributed by atoms with E-state index in [1.807, 2.05) is 0 Å². The number of sulfonamides is 1. The molecule has 1 N–H and O–H groups in total. The topological polar surface area (TPSA) is 111 Å². The number of methoxy groups -OCH3 is 2. The molecule has 2 rings (SSSR count). The maximum atomic E-state index is 12.5. The molecule has 2 aromatic rings. The van der Waals surface area contributed by atoms with Crippen molar-refractivity contribution in [1.82, 2.24) is 4.31 Å². The Kier molecular flexibility index (Phi) is 9.43. The van der Waals surface area contributed by atoms with E-state index >= 15 is 0 Å². The second kappa shape index (κ2) is 12.0. The summed E-state index contributed by atoms with van der Waals surface area (Å²) >= 11 is 0. The lowest BCUT2D eigenvalue weighted by Gasteiger charge is -2.18. The zero-order valence-corrected chi connectivity index (χ0v) is 19.8. The van der Waals surface area contributed by atoms with Crippen molar-refractivity contribution in [3.8, 4) is 11.5 Å². The molecule has 0 fully saturated rings. The van der Waals surface area contributed by atoms with Crippen LogP contribution in [0.15, 0.2) is 53.4 Å². The zero-order chi connectivity index (χ0) is 24.4. The van der Waals surface area contributed by atoms with Gasteiger partial charge < -0.3 is 19.5 Å². The highest BCUT2D eigenvalue weighted by Crippen LogP contribution is 2.25. The highest BCUT2D eigenvalue weighted by Gasteiger charge is 2.21. The van der Waals surface area contributed by atoms with Gasteiger partial charge in [-0.1, -0.05) is 13.8 Å². The van der Waals surface area contributed by atoms with Crippen LogP contribution in [-0.4, -0.2) is 58.5 Å². The summed E-state index contributed by atoms with van der Waals surface area (Å²) < 4.78 is 41.7. The van der Waals surface area contributed by atoms with Crippen LogP contribution >= 0.6 is 0 Å². The summed E-state index contributed by atoms with van der Waals surface area (Å²) in [5.74, 6) is -0.131. The highest BCUT2D eigenvalue weighted by atomic mass is 32.2. The molecule has 0 atom stereocenters. The van der Waals surface area contributed by atoms with Crippen LogP contribution in [0.4, 0.5) is 5.69 Å². The van der Waals surface area contributed by atoms with Crippen LogP contribution in [-0.2, 0) is 24.3 Å². The van der Waals surface area contributed by atoms with Crippen molar-refractivity contribution in [1.29, 1.82) is 0 Å². The molecular weight excluding hydrogens is 448 g/mol. The standard InChI is InChI=1S/C23H28N2O7S/c1-5-25(6-2)33(28,29)20-11-8-18(9-12-20)24-22(26)16-32-23(27)14-7-17-15-19(30-3)10-13-21(17)31-4/h7-15H,5-6,16H2,1-4H3,(H,24,26)/b14-7+. The van der Waals surface area contributed by atoms with Crippen molar-refractivity contribution >= 4 is 33.7 Å². The monoisotopic (exact) mass is 476 g/mol. The number of rotatable bonds is 11. The molecule has 0 unspecified atom stereocenters. The minimum absolute atomic E-state index is 0.133. The lowest BCUT2D eigenvalue weighted by Crippen LogP contribution is -2.30. The molecule has 2 aromatic carbocycles. The number of amides is 1. The predicted octanol–water partition coefficient (Wildman–Crippen LogP) is 2.93. The van der Waals surface area contributed by atoms with Gasteiger partial charge in [-0.25, -0.2) is 13.2 Å². The van der Waals surface area contributed by atoms with Crippen molar-refractivity contribution in [2.45, 2.75) is 18.7 Å². The minimum Gasteiger partial charge on any atom is -0.497 e. The number of esters is 1. The van der Waals surface area contributed by atoms with E-state index in [1.165, 1.54) is 54.9 Å². The molecule has 0 heterocycles. The van der Waals surface area contributed by atoms with Gasteiger partial charge in [-0.2, -0.15) is 4.31 Å². The minimum atomic E-state index is -3.58. The summed E-state index contributed by atoms with van der Waals surface area (Å²) in [4.78, 5) is 24.2. The SMILES string of the molecule is CCN(CC)S(=O)(=O)c1ccc(NC(=O)COC(=O)/C=C/c2cc(OC)ccc2OC)cc1. The number of nitrogens with one attached hydrogen (secondary N) is 1. The predicted molar refractivity (Wildman–Crippen MR) is 125 cm³/mol. The van der Waals surface area contributed by atoms with Gasteiger partial charge in [0, 0.05) is 30.4 Å². The first-order valence-corrected chi connectivity index (χ1v) is 11.7. The Labute approximate surface area is 194 Å². The van der Waals surface area contributed by atoms with E-state index in [1.54, 1.807) is 32.0 Å². The van der Waals surface area contributed by atoms with Gasteiger partial charge in [0.05, 0.1) is 19.1 Å². The summed E-state index contributed by atoms with van der Waals surface area (Å²) in [5, 5.41) is 2.56. The van der Waals surface area contributed by atoms with Crippen LogP contribution in [0.2, 0.25) is 0 Å². The van der Waals surface area contributed by atoms with Crippen LogP contribution in [0, 0.1) is 0 Å². The molecular formula is C23H28N2O7S. The zero-order valence-electron chi connectivity index (χ0n) is 19.0. The van der Waals surface area contributed by atoms with Gasteiger partial charge >= 0.3 is 5.97 Å². The van der Waals surface area contributed by atoms with Crippen molar-refractivity contribution in [3.05, 3.63) is 54.1 Å². The first-order chi connectivity index (χ1) is 15.7. The molecule has 0 bridgehead atoms. The molecule has 0 aliphatic rings. The third-order valence-corrected chi connectivity index (χ3v) is 6.73. The lowest BCUT2D eigenvalue weighted by molar-refractivity contribution is -0.142. The van der Waals surface area contributed by atoms with E-state index < -0.39 is 28.5 Å². The fourth-order valence-corrected chi connectivity index (χ4v) is 4.39. The quantitative estimate of drug-likeness (QED) is 0.392. The smallest absolute Gasteiger partial charge is 0.331 e. The first-order valence-electron chi connectivity index (χ1n) is 10.2. The Morgan fingerprint density at radius 1 is 1.00 bits per heavy atom. The van der Waals surface area contributed by atoms with Crippen LogP contribution < -0.4 is 14.8 Å². The maximum absolute atomic E-state index is 12.5. The van der Waals surface area contributed by atoms with Crippen LogP contribution in [0.5, 0.6) is 11.5 Å².